The van der Waals surface area contributed by atoms with E-state index < -0.39 is 8.80 Å². The molecule has 0 nitrogen and oxygen atoms in total. The van der Waals surface area contributed by atoms with Gasteiger partial charge in [-0.2, -0.15) is 0 Å². The molecule has 1 aliphatic carbocycles. The molecule has 1 heteroatoms. The maximum absolute atomic E-state index is 2.35. The minimum absolute atomic E-state index is 0.973. The molecule has 20 heavy (non-hydrogen) atoms. The van der Waals surface area contributed by atoms with Crippen molar-refractivity contribution in [3.05, 3.63) is 60.7 Å². The first-order valence-corrected chi connectivity index (χ1v) is 10.0. The van der Waals surface area contributed by atoms with Gasteiger partial charge in [-0.15, -0.1) is 0 Å². The molecule has 1 fully saturated rings. The molecule has 0 atom stereocenters. The maximum Gasteiger partial charge on any atom is 0.103 e. The van der Waals surface area contributed by atoms with Gasteiger partial charge in [0.05, 0.1) is 0 Å². The van der Waals surface area contributed by atoms with E-state index >= 15 is 0 Å². The second kappa shape index (κ2) is 6.89. The van der Waals surface area contributed by atoms with Crippen molar-refractivity contribution in [2.45, 2.75) is 38.1 Å². The highest BCUT2D eigenvalue weighted by Crippen LogP contribution is 2.27. The monoisotopic (exact) mass is 280 g/mol. The van der Waals surface area contributed by atoms with Crippen molar-refractivity contribution < 1.29 is 0 Å². The van der Waals surface area contributed by atoms with E-state index in [9.17, 15) is 0 Å². The second-order valence-electron chi connectivity index (χ2n) is 6.11. The van der Waals surface area contributed by atoms with E-state index in [-0.39, 0.29) is 0 Å². The van der Waals surface area contributed by atoms with E-state index in [4.69, 9.17) is 0 Å². The zero-order valence-electron chi connectivity index (χ0n) is 12.2. The van der Waals surface area contributed by atoms with Crippen LogP contribution >= 0.6 is 0 Å². The molecule has 1 aliphatic rings. The molecule has 2 aromatic rings. The minimum atomic E-state index is -1.02. The largest absolute Gasteiger partial charge is 0.103 e. The zero-order chi connectivity index (χ0) is 13.6. The lowest BCUT2D eigenvalue weighted by Crippen LogP contribution is -2.43. The van der Waals surface area contributed by atoms with Gasteiger partial charge in [-0.25, -0.2) is 0 Å². The summed E-state index contributed by atoms with van der Waals surface area (Å²) in [6.07, 6.45) is 7.29. The van der Waals surface area contributed by atoms with Gasteiger partial charge in [0, 0.05) is 0 Å². The van der Waals surface area contributed by atoms with Crippen LogP contribution in [0.25, 0.3) is 0 Å². The van der Waals surface area contributed by atoms with Crippen molar-refractivity contribution in [2.24, 2.45) is 5.92 Å². The Hall–Kier alpha value is -1.34. The highest BCUT2D eigenvalue weighted by molar-refractivity contribution is 6.85. The third-order valence-electron chi connectivity index (χ3n) is 4.70. The minimum Gasteiger partial charge on any atom is -0.0629 e. The Morgan fingerprint density at radius 1 is 0.700 bits per heavy atom. The van der Waals surface area contributed by atoms with Crippen molar-refractivity contribution in [1.29, 1.82) is 0 Å². The molecule has 2 aromatic carbocycles. The Bertz CT molecular complexity index is 460. The van der Waals surface area contributed by atoms with Gasteiger partial charge >= 0.3 is 0 Å². The molecule has 0 bridgehead atoms. The fourth-order valence-corrected chi connectivity index (χ4v) is 7.03. The lowest BCUT2D eigenvalue weighted by molar-refractivity contribution is 0.384. The predicted octanol–water partition coefficient (Wildman–Crippen LogP) is 3.61. The quantitative estimate of drug-likeness (QED) is 0.751. The van der Waals surface area contributed by atoms with Gasteiger partial charge in [-0.1, -0.05) is 103 Å². The molecule has 104 valence electrons. The summed E-state index contributed by atoms with van der Waals surface area (Å²) in [5.41, 5.74) is 0. The SMILES string of the molecule is c1ccc([SiH](CC2CCCCC2)c2ccccc2)cc1. The summed E-state index contributed by atoms with van der Waals surface area (Å²) >= 11 is 0. The average Bonchev–Trinajstić information content (AvgIpc) is 2.55. The first-order valence-electron chi connectivity index (χ1n) is 8.03. The van der Waals surface area contributed by atoms with E-state index in [1.807, 2.05) is 0 Å². The molecule has 0 heterocycles. The van der Waals surface area contributed by atoms with E-state index in [0.717, 1.165) is 5.92 Å². The molecule has 0 unspecified atom stereocenters. The third kappa shape index (κ3) is 3.40. The normalized spacial score (nSPS) is 16.4. The van der Waals surface area contributed by atoms with Crippen LogP contribution in [0.15, 0.2) is 60.7 Å². The van der Waals surface area contributed by atoms with Crippen LogP contribution in [-0.4, -0.2) is 8.80 Å². The van der Waals surface area contributed by atoms with Crippen LogP contribution in [0.3, 0.4) is 0 Å². The van der Waals surface area contributed by atoms with Crippen molar-refractivity contribution in [2.75, 3.05) is 0 Å². The molecule has 0 aromatic heterocycles. The Morgan fingerprint density at radius 2 is 1.20 bits per heavy atom. The highest BCUT2D eigenvalue weighted by Gasteiger charge is 2.22. The first-order chi connectivity index (χ1) is 9.93. The van der Waals surface area contributed by atoms with Crippen LogP contribution in [0.1, 0.15) is 32.1 Å². The fraction of sp³-hybridized carbons (Fsp3) is 0.368. The molecule has 0 aliphatic heterocycles. The summed E-state index contributed by atoms with van der Waals surface area (Å²) in [6.45, 7) is 0. The highest BCUT2D eigenvalue weighted by atomic mass is 28.3. The van der Waals surface area contributed by atoms with Gasteiger partial charge in [0.15, 0.2) is 0 Å². The Morgan fingerprint density at radius 3 is 1.70 bits per heavy atom. The van der Waals surface area contributed by atoms with E-state index in [0.29, 0.717) is 0 Å². The van der Waals surface area contributed by atoms with Crippen molar-refractivity contribution in [3.63, 3.8) is 0 Å². The van der Waals surface area contributed by atoms with E-state index in [1.54, 1.807) is 10.4 Å². The fourth-order valence-electron chi connectivity index (χ4n) is 3.59. The van der Waals surface area contributed by atoms with Crippen LogP contribution in [0.5, 0.6) is 0 Å². The van der Waals surface area contributed by atoms with Gasteiger partial charge in [0.25, 0.3) is 0 Å². The summed E-state index contributed by atoms with van der Waals surface area (Å²) in [4.78, 5) is 0. The van der Waals surface area contributed by atoms with E-state index in [2.05, 4.69) is 60.7 Å². The molecule has 0 amide bonds. The molecule has 0 saturated heterocycles. The van der Waals surface area contributed by atoms with Gasteiger partial charge < -0.3 is 0 Å². The van der Waals surface area contributed by atoms with Crippen LogP contribution < -0.4 is 10.4 Å². The summed E-state index contributed by atoms with van der Waals surface area (Å²) < 4.78 is 0. The number of hydrogen-bond acceptors (Lipinski definition) is 0. The van der Waals surface area contributed by atoms with Crippen LogP contribution in [0.4, 0.5) is 0 Å². The van der Waals surface area contributed by atoms with Crippen LogP contribution in [-0.2, 0) is 0 Å². The molecule has 0 radical (unpaired) electrons. The average molecular weight is 280 g/mol. The van der Waals surface area contributed by atoms with E-state index in [1.165, 1.54) is 38.1 Å². The van der Waals surface area contributed by atoms with Gasteiger partial charge in [0.2, 0.25) is 0 Å². The van der Waals surface area contributed by atoms with Crippen LogP contribution in [0, 0.1) is 5.92 Å². The van der Waals surface area contributed by atoms with Crippen molar-refractivity contribution >= 4 is 19.2 Å². The summed E-state index contributed by atoms with van der Waals surface area (Å²) in [5, 5.41) is 3.23. The zero-order valence-corrected chi connectivity index (χ0v) is 13.3. The lowest BCUT2D eigenvalue weighted by atomic mass is 9.91. The molecular weight excluding hydrogens is 256 g/mol. The maximum atomic E-state index is 2.35. The molecular formula is C19H24Si. The molecule has 3 rings (SSSR count). The number of hydrogen-bond donors (Lipinski definition) is 0. The van der Waals surface area contributed by atoms with Crippen LogP contribution in [0.2, 0.25) is 6.04 Å². The smallest absolute Gasteiger partial charge is 0.0629 e. The Balaban J connectivity index is 1.83. The third-order valence-corrected chi connectivity index (χ3v) is 8.22. The summed E-state index contributed by atoms with van der Waals surface area (Å²) in [6, 6.07) is 24.0. The summed E-state index contributed by atoms with van der Waals surface area (Å²) in [7, 11) is -1.02. The Kier molecular flexibility index (Phi) is 4.70. The van der Waals surface area contributed by atoms with Gasteiger partial charge in [-0.05, 0) is 12.0 Å². The standard InChI is InChI=1S/C19H24Si/c1-4-10-17(11-5-1)16-20(18-12-6-2-7-13-18)19-14-8-3-9-15-19/h2-3,6-9,12-15,17,20H,1,4-5,10-11,16H2. The number of rotatable bonds is 4. The van der Waals surface area contributed by atoms with Crippen molar-refractivity contribution in [3.8, 4) is 0 Å². The lowest BCUT2D eigenvalue weighted by Gasteiger charge is -2.26. The van der Waals surface area contributed by atoms with Gasteiger partial charge in [0.1, 0.15) is 8.80 Å². The predicted molar refractivity (Wildman–Crippen MR) is 90.7 cm³/mol. The molecule has 0 spiro atoms. The first kappa shape index (κ1) is 13.6. The molecule has 0 N–H and O–H groups in total. The molecule has 1 saturated carbocycles. The van der Waals surface area contributed by atoms with Gasteiger partial charge in [-0.3, -0.25) is 0 Å². The second-order valence-corrected chi connectivity index (χ2v) is 9.02. The topological polar surface area (TPSA) is 0 Å². The Labute approximate surface area is 124 Å². The number of benzene rings is 2. The van der Waals surface area contributed by atoms with Crippen molar-refractivity contribution in [1.82, 2.24) is 0 Å². The summed E-state index contributed by atoms with van der Waals surface area (Å²) in [5.74, 6) is 0.973.